The average molecular weight is 345 g/mol. The first-order chi connectivity index (χ1) is 12.8. The molecule has 130 valence electrons. The van der Waals surface area contributed by atoms with Gasteiger partial charge in [-0.25, -0.2) is 10.4 Å². The Labute approximate surface area is 150 Å². The van der Waals surface area contributed by atoms with Gasteiger partial charge in [-0.2, -0.15) is 5.10 Å². The minimum atomic E-state index is -0.196. The molecule has 1 amide bonds. The summed E-state index contributed by atoms with van der Waals surface area (Å²) in [5.74, 6) is -0.196. The van der Waals surface area contributed by atoms with E-state index in [9.17, 15) is 4.79 Å². The molecule has 0 atom stereocenters. The lowest BCUT2D eigenvalue weighted by molar-refractivity contribution is -0.121. The maximum atomic E-state index is 12.2. The molecule has 2 heterocycles. The smallest absolute Gasteiger partial charge is 0.260 e. The van der Waals surface area contributed by atoms with E-state index in [0.29, 0.717) is 0 Å². The van der Waals surface area contributed by atoms with Gasteiger partial charge in [0.15, 0.2) is 0 Å². The first kappa shape index (κ1) is 16.1. The highest BCUT2D eigenvalue weighted by atomic mass is 16.2. The quantitative estimate of drug-likeness (QED) is 0.430. The SMILES string of the molecule is CCc1cccc2c(/C=N/NC(=O)Cn3cnc4ccccc43)c[nH]c12. The van der Waals surface area contributed by atoms with Gasteiger partial charge in [0, 0.05) is 22.7 Å². The molecule has 0 saturated carbocycles. The van der Waals surface area contributed by atoms with Crippen LogP contribution < -0.4 is 5.43 Å². The number of amides is 1. The fourth-order valence-corrected chi connectivity index (χ4v) is 3.14. The zero-order chi connectivity index (χ0) is 17.9. The Morgan fingerprint density at radius 2 is 2.15 bits per heavy atom. The van der Waals surface area contributed by atoms with Crippen LogP contribution in [0.5, 0.6) is 0 Å². The number of aromatic nitrogens is 3. The van der Waals surface area contributed by atoms with Crippen LogP contribution in [0.15, 0.2) is 60.1 Å². The largest absolute Gasteiger partial charge is 0.360 e. The predicted octanol–water partition coefficient (Wildman–Crippen LogP) is 3.23. The summed E-state index contributed by atoms with van der Waals surface area (Å²) in [4.78, 5) is 19.7. The molecule has 0 saturated heterocycles. The Bertz CT molecular complexity index is 1110. The van der Waals surface area contributed by atoms with Gasteiger partial charge in [-0.3, -0.25) is 4.79 Å². The van der Waals surface area contributed by atoms with Gasteiger partial charge in [0.05, 0.1) is 23.6 Å². The zero-order valence-electron chi connectivity index (χ0n) is 14.4. The number of carbonyl (C=O) groups excluding carboxylic acids is 1. The second-order valence-corrected chi connectivity index (χ2v) is 6.09. The van der Waals surface area contributed by atoms with Crippen molar-refractivity contribution in [3.8, 4) is 0 Å². The van der Waals surface area contributed by atoms with E-state index in [1.165, 1.54) is 5.56 Å². The summed E-state index contributed by atoms with van der Waals surface area (Å²) in [6.07, 6.45) is 6.20. The van der Waals surface area contributed by atoms with Gasteiger partial charge in [-0.05, 0) is 24.1 Å². The first-order valence-corrected chi connectivity index (χ1v) is 8.57. The molecule has 0 unspecified atom stereocenters. The molecule has 0 aliphatic rings. The number of nitrogens with zero attached hydrogens (tertiary/aromatic N) is 3. The molecule has 0 spiro atoms. The van der Waals surface area contributed by atoms with E-state index in [1.807, 2.05) is 42.6 Å². The second-order valence-electron chi connectivity index (χ2n) is 6.09. The van der Waals surface area contributed by atoms with E-state index in [4.69, 9.17) is 0 Å². The maximum Gasteiger partial charge on any atom is 0.260 e. The van der Waals surface area contributed by atoms with Crippen molar-refractivity contribution in [3.63, 3.8) is 0 Å². The molecular weight excluding hydrogens is 326 g/mol. The van der Waals surface area contributed by atoms with Crippen LogP contribution in [-0.2, 0) is 17.8 Å². The third-order valence-corrected chi connectivity index (χ3v) is 4.45. The first-order valence-electron chi connectivity index (χ1n) is 8.57. The maximum absolute atomic E-state index is 12.2. The topological polar surface area (TPSA) is 75.1 Å². The van der Waals surface area contributed by atoms with Crippen LogP contribution in [0.2, 0.25) is 0 Å². The number of benzene rings is 2. The third-order valence-electron chi connectivity index (χ3n) is 4.45. The Balaban J connectivity index is 1.46. The van der Waals surface area contributed by atoms with Crippen LogP contribution in [0.3, 0.4) is 0 Å². The van der Waals surface area contributed by atoms with Crippen molar-refractivity contribution in [1.29, 1.82) is 0 Å². The number of nitrogens with one attached hydrogen (secondary N) is 2. The van der Waals surface area contributed by atoms with Gasteiger partial charge in [0.1, 0.15) is 6.54 Å². The molecule has 0 radical (unpaired) electrons. The summed E-state index contributed by atoms with van der Waals surface area (Å²) in [5.41, 5.74) is 7.71. The number of hydrogen-bond donors (Lipinski definition) is 2. The monoisotopic (exact) mass is 345 g/mol. The summed E-state index contributed by atoms with van der Waals surface area (Å²) < 4.78 is 1.80. The van der Waals surface area contributed by atoms with E-state index in [2.05, 4.69) is 33.5 Å². The lowest BCUT2D eigenvalue weighted by atomic mass is 10.1. The Morgan fingerprint density at radius 3 is 3.04 bits per heavy atom. The van der Waals surface area contributed by atoms with Crippen molar-refractivity contribution < 1.29 is 4.79 Å². The van der Waals surface area contributed by atoms with Gasteiger partial charge < -0.3 is 9.55 Å². The molecule has 0 aliphatic heterocycles. The molecule has 0 fully saturated rings. The van der Waals surface area contributed by atoms with Crippen LogP contribution in [0.25, 0.3) is 21.9 Å². The Kier molecular flexibility index (Phi) is 4.23. The van der Waals surface area contributed by atoms with Gasteiger partial charge in [0.25, 0.3) is 5.91 Å². The van der Waals surface area contributed by atoms with Crippen molar-refractivity contribution in [1.82, 2.24) is 20.0 Å². The normalized spacial score (nSPS) is 11.6. The Morgan fingerprint density at radius 1 is 1.27 bits per heavy atom. The Hall–Kier alpha value is -3.41. The van der Waals surface area contributed by atoms with E-state index in [0.717, 1.165) is 33.9 Å². The zero-order valence-corrected chi connectivity index (χ0v) is 14.4. The van der Waals surface area contributed by atoms with Crippen LogP contribution in [0.1, 0.15) is 18.1 Å². The van der Waals surface area contributed by atoms with Crippen molar-refractivity contribution in [2.45, 2.75) is 19.9 Å². The van der Waals surface area contributed by atoms with Gasteiger partial charge >= 0.3 is 0 Å². The number of fused-ring (bicyclic) bond motifs is 2. The number of hydrazone groups is 1. The fourth-order valence-electron chi connectivity index (χ4n) is 3.14. The number of H-pyrrole nitrogens is 1. The fraction of sp³-hybridized carbons (Fsp3) is 0.150. The number of carbonyl (C=O) groups is 1. The number of imidazole rings is 1. The molecule has 0 aliphatic carbocycles. The number of para-hydroxylation sites is 3. The van der Waals surface area contributed by atoms with Crippen LogP contribution in [0.4, 0.5) is 0 Å². The molecule has 2 aromatic heterocycles. The van der Waals surface area contributed by atoms with E-state index in [1.54, 1.807) is 17.1 Å². The molecule has 26 heavy (non-hydrogen) atoms. The highest BCUT2D eigenvalue weighted by Gasteiger charge is 2.07. The summed E-state index contributed by atoms with van der Waals surface area (Å²) in [6.45, 7) is 2.30. The van der Waals surface area contributed by atoms with Crippen LogP contribution >= 0.6 is 0 Å². The number of aromatic amines is 1. The molecule has 2 N–H and O–H groups in total. The van der Waals surface area contributed by atoms with E-state index in [-0.39, 0.29) is 12.5 Å². The van der Waals surface area contributed by atoms with Crippen molar-refractivity contribution in [3.05, 3.63) is 66.1 Å². The number of hydrogen-bond acceptors (Lipinski definition) is 3. The molecule has 2 aromatic carbocycles. The highest BCUT2D eigenvalue weighted by molar-refractivity contribution is 6.00. The second kappa shape index (κ2) is 6.84. The summed E-state index contributed by atoms with van der Waals surface area (Å²) in [6, 6.07) is 13.9. The predicted molar refractivity (Wildman–Crippen MR) is 103 cm³/mol. The van der Waals surface area contributed by atoms with Gasteiger partial charge in [-0.1, -0.05) is 37.3 Å². The summed E-state index contributed by atoms with van der Waals surface area (Å²) >= 11 is 0. The van der Waals surface area contributed by atoms with Crippen molar-refractivity contribution in [2.24, 2.45) is 5.10 Å². The molecule has 0 bridgehead atoms. The lowest BCUT2D eigenvalue weighted by Gasteiger charge is -2.02. The minimum Gasteiger partial charge on any atom is -0.360 e. The average Bonchev–Trinajstić information content (AvgIpc) is 3.26. The summed E-state index contributed by atoms with van der Waals surface area (Å²) in [5, 5.41) is 5.20. The summed E-state index contributed by atoms with van der Waals surface area (Å²) in [7, 11) is 0. The van der Waals surface area contributed by atoms with Crippen LogP contribution in [0, 0.1) is 0 Å². The van der Waals surface area contributed by atoms with Crippen molar-refractivity contribution >= 4 is 34.1 Å². The highest BCUT2D eigenvalue weighted by Crippen LogP contribution is 2.20. The minimum absolute atomic E-state index is 0.172. The van der Waals surface area contributed by atoms with Crippen molar-refractivity contribution in [2.75, 3.05) is 0 Å². The van der Waals surface area contributed by atoms with E-state index >= 15 is 0 Å². The molecule has 6 heteroatoms. The molecule has 6 nitrogen and oxygen atoms in total. The van der Waals surface area contributed by atoms with Gasteiger partial charge in [-0.15, -0.1) is 0 Å². The third kappa shape index (κ3) is 2.97. The standard InChI is InChI=1S/C20H19N5O/c1-2-14-6-5-7-16-15(10-21-20(14)16)11-23-24-19(26)12-25-13-22-17-8-3-4-9-18(17)25/h3-11,13,21H,2,12H2,1H3,(H,24,26)/b23-11+. The number of aryl methyl sites for hydroxylation is 1. The molecular formula is C20H19N5O. The van der Waals surface area contributed by atoms with Crippen LogP contribution in [-0.4, -0.2) is 26.7 Å². The number of rotatable bonds is 5. The lowest BCUT2D eigenvalue weighted by Crippen LogP contribution is -2.22. The van der Waals surface area contributed by atoms with E-state index < -0.39 is 0 Å². The molecule has 4 aromatic rings. The van der Waals surface area contributed by atoms with Gasteiger partial charge in [0.2, 0.25) is 0 Å². The molecule has 4 rings (SSSR count).